The van der Waals surface area contributed by atoms with E-state index in [1.54, 1.807) is 18.2 Å². The molecule has 20 heavy (non-hydrogen) atoms. The summed E-state index contributed by atoms with van der Waals surface area (Å²) in [5, 5.41) is 16.3. The van der Waals surface area contributed by atoms with Crippen molar-refractivity contribution in [1.82, 2.24) is 0 Å². The maximum atomic E-state index is 11.9. The Morgan fingerprint density at radius 2 is 2.15 bits per heavy atom. The standard InChI is InChI=1S/C14H16N2O3S/c1-11-6-7-13(5-3-4-8-17)14(9-11)16-20(18,19)12(2)10-15/h6-7,9,12,16-17H,4,8H2,1-2H3. The first-order valence-corrected chi connectivity index (χ1v) is 7.57. The third-order valence-electron chi connectivity index (χ3n) is 2.53. The Morgan fingerprint density at radius 3 is 2.75 bits per heavy atom. The van der Waals surface area contributed by atoms with Gasteiger partial charge in [0.2, 0.25) is 10.0 Å². The molecular formula is C14H16N2O3S. The van der Waals surface area contributed by atoms with Crippen molar-refractivity contribution < 1.29 is 13.5 Å². The van der Waals surface area contributed by atoms with Crippen molar-refractivity contribution in [2.75, 3.05) is 11.3 Å². The second-order valence-electron chi connectivity index (χ2n) is 4.24. The largest absolute Gasteiger partial charge is 0.395 e. The van der Waals surface area contributed by atoms with Crippen LogP contribution in [0, 0.1) is 30.1 Å². The van der Waals surface area contributed by atoms with Gasteiger partial charge in [-0.15, -0.1) is 0 Å². The van der Waals surface area contributed by atoms with E-state index in [1.165, 1.54) is 6.92 Å². The number of hydrogen-bond acceptors (Lipinski definition) is 4. The molecule has 1 unspecified atom stereocenters. The van der Waals surface area contributed by atoms with Gasteiger partial charge < -0.3 is 5.11 Å². The van der Waals surface area contributed by atoms with Crippen LogP contribution in [-0.2, 0) is 10.0 Å². The molecule has 0 heterocycles. The molecule has 1 atom stereocenters. The van der Waals surface area contributed by atoms with E-state index in [9.17, 15) is 8.42 Å². The Labute approximate surface area is 119 Å². The van der Waals surface area contributed by atoms with Gasteiger partial charge in [0.15, 0.2) is 5.25 Å². The number of aryl methyl sites for hydroxylation is 1. The molecule has 1 aromatic carbocycles. The van der Waals surface area contributed by atoms with E-state index in [-0.39, 0.29) is 6.61 Å². The zero-order valence-electron chi connectivity index (χ0n) is 11.3. The maximum Gasteiger partial charge on any atom is 0.248 e. The Morgan fingerprint density at radius 1 is 1.45 bits per heavy atom. The van der Waals surface area contributed by atoms with Gasteiger partial charge in [0.1, 0.15) is 0 Å². The van der Waals surface area contributed by atoms with E-state index < -0.39 is 15.3 Å². The fourth-order valence-corrected chi connectivity index (χ4v) is 2.17. The van der Waals surface area contributed by atoms with E-state index in [4.69, 9.17) is 10.4 Å². The quantitative estimate of drug-likeness (QED) is 0.820. The highest BCUT2D eigenvalue weighted by Gasteiger charge is 2.21. The third-order valence-corrected chi connectivity index (χ3v) is 4.08. The number of nitrogens with zero attached hydrogens (tertiary/aromatic N) is 1. The summed E-state index contributed by atoms with van der Waals surface area (Å²) < 4.78 is 26.2. The Balaban J connectivity index is 3.15. The number of nitriles is 1. The summed E-state index contributed by atoms with van der Waals surface area (Å²) in [5.74, 6) is 5.54. The average Bonchev–Trinajstić information content (AvgIpc) is 2.40. The third kappa shape index (κ3) is 4.27. The highest BCUT2D eigenvalue weighted by atomic mass is 32.2. The first kappa shape index (κ1) is 16.0. The molecule has 0 aliphatic heterocycles. The molecule has 2 N–H and O–H groups in total. The van der Waals surface area contributed by atoms with E-state index in [1.807, 2.05) is 13.0 Å². The molecule has 0 saturated carbocycles. The second kappa shape index (κ2) is 6.95. The van der Waals surface area contributed by atoms with Crippen molar-refractivity contribution in [2.24, 2.45) is 0 Å². The highest BCUT2D eigenvalue weighted by molar-refractivity contribution is 7.93. The van der Waals surface area contributed by atoms with Crippen molar-refractivity contribution in [3.63, 3.8) is 0 Å². The molecule has 1 aromatic rings. The van der Waals surface area contributed by atoms with E-state index in [2.05, 4.69) is 16.6 Å². The topological polar surface area (TPSA) is 90.2 Å². The molecule has 0 fully saturated rings. The van der Waals surface area contributed by atoms with E-state index in [0.29, 0.717) is 17.7 Å². The lowest BCUT2D eigenvalue weighted by atomic mass is 10.1. The summed E-state index contributed by atoms with van der Waals surface area (Å²) in [6.45, 7) is 3.09. The molecule has 0 spiro atoms. The average molecular weight is 292 g/mol. The molecule has 0 aliphatic rings. The first-order valence-electron chi connectivity index (χ1n) is 6.02. The molecule has 0 aliphatic carbocycles. The van der Waals surface area contributed by atoms with Crippen LogP contribution in [0.4, 0.5) is 5.69 Å². The predicted octanol–water partition coefficient (Wildman–Crippen LogP) is 1.38. The number of anilines is 1. The smallest absolute Gasteiger partial charge is 0.248 e. The summed E-state index contributed by atoms with van der Waals surface area (Å²) in [5.41, 5.74) is 1.73. The van der Waals surface area contributed by atoms with Crippen LogP contribution in [0.5, 0.6) is 0 Å². The lowest BCUT2D eigenvalue weighted by Crippen LogP contribution is -2.24. The molecule has 5 nitrogen and oxygen atoms in total. The van der Waals surface area contributed by atoms with Gasteiger partial charge in [0.25, 0.3) is 0 Å². The lowest BCUT2D eigenvalue weighted by molar-refractivity contribution is 0.305. The SMILES string of the molecule is Cc1ccc(C#CCCO)c(NS(=O)(=O)C(C)C#N)c1. The minimum absolute atomic E-state index is 0.0502. The summed E-state index contributed by atoms with van der Waals surface area (Å²) >= 11 is 0. The van der Waals surface area contributed by atoms with Gasteiger partial charge >= 0.3 is 0 Å². The number of hydrogen-bond donors (Lipinski definition) is 2. The number of rotatable bonds is 4. The molecule has 0 saturated heterocycles. The first-order chi connectivity index (χ1) is 9.40. The van der Waals surface area contributed by atoms with Crippen LogP contribution >= 0.6 is 0 Å². The number of aliphatic hydroxyl groups excluding tert-OH is 1. The predicted molar refractivity (Wildman–Crippen MR) is 77.4 cm³/mol. The fourth-order valence-electron chi connectivity index (χ4n) is 1.38. The van der Waals surface area contributed by atoms with Crippen LogP contribution in [0.25, 0.3) is 0 Å². The van der Waals surface area contributed by atoms with E-state index >= 15 is 0 Å². The van der Waals surface area contributed by atoms with Gasteiger partial charge in [-0.1, -0.05) is 17.9 Å². The number of aliphatic hydroxyl groups is 1. The van der Waals surface area contributed by atoms with Gasteiger partial charge in [0, 0.05) is 12.0 Å². The minimum atomic E-state index is -3.76. The van der Waals surface area contributed by atoms with Crippen LogP contribution in [-0.4, -0.2) is 25.4 Å². The van der Waals surface area contributed by atoms with Crippen LogP contribution in [0.1, 0.15) is 24.5 Å². The van der Waals surface area contributed by atoms with Crippen molar-refractivity contribution in [3.05, 3.63) is 29.3 Å². The number of benzene rings is 1. The summed E-state index contributed by atoms with van der Waals surface area (Å²) in [7, 11) is -3.76. The van der Waals surface area contributed by atoms with Crippen molar-refractivity contribution in [3.8, 4) is 17.9 Å². The van der Waals surface area contributed by atoms with Gasteiger partial charge in [-0.2, -0.15) is 5.26 Å². The molecule has 1 rings (SSSR count). The van der Waals surface area contributed by atoms with Crippen LogP contribution < -0.4 is 4.72 Å². The maximum absolute atomic E-state index is 11.9. The Bertz CT molecular complexity index is 679. The highest BCUT2D eigenvalue weighted by Crippen LogP contribution is 2.19. The van der Waals surface area contributed by atoms with Gasteiger partial charge in [0.05, 0.1) is 18.4 Å². The van der Waals surface area contributed by atoms with Crippen LogP contribution in [0.3, 0.4) is 0 Å². The molecule has 0 aromatic heterocycles. The molecule has 106 valence electrons. The molecule has 0 bridgehead atoms. The van der Waals surface area contributed by atoms with E-state index in [0.717, 1.165) is 5.56 Å². The Kier molecular flexibility index (Phi) is 5.57. The number of sulfonamides is 1. The minimum Gasteiger partial charge on any atom is -0.395 e. The van der Waals surface area contributed by atoms with Gasteiger partial charge in [-0.25, -0.2) is 8.42 Å². The Hall–Kier alpha value is -2.02. The lowest BCUT2D eigenvalue weighted by Gasteiger charge is -2.11. The summed E-state index contributed by atoms with van der Waals surface area (Å²) in [6, 6.07) is 6.87. The molecule has 0 radical (unpaired) electrons. The van der Waals surface area contributed by atoms with Crippen molar-refractivity contribution >= 4 is 15.7 Å². The monoisotopic (exact) mass is 292 g/mol. The van der Waals surface area contributed by atoms with Crippen molar-refractivity contribution in [1.29, 1.82) is 5.26 Å². The fraction of sp³-hybridized carbons (Fsp3) is 0.357. The number of nitrogens with one attached hydrogen (secondary N) is 1. The summed E-state index contributed by atoms with van der Waals surface area (Å²) in [4.78, 5) is 0. The molecule has 6 heteroatoms. The van der Waals surface area contributed by atoms with Gasteiger partial charge in [-0.05, 0) is 31.5 Å². The normalized spacial score (nSPS) is 11.9. The van der Waals surface area contributed by atoms with Crippen LogP contribution in [0.15, 0.2) is 18.2 Å². The van der Waals surface area contributed by atoms with Gasteiger partial charge in [-0.3, -0.25) is 4.72 Å². The molecule has 0 amide bonds. The zero-order chi connectivity index (χ0) is 15.2. The second-order valence-corrected chi connectivity index (χ2v) is 6.24. The summed E-state index contributed by atoms with van der Waals surface area (Å²) in [6.07, 6.45) is 0.314. The van der Waals surface area contributed by atoms with Crippen LogP contribution in [0.2, 0.25) is 0 Å². The molecular weight excluding hydrogens is 276 g/mol. The van der Waals surface area contributed by atoms with Crippen molar-refractivity contribution in [2.45, 2.75) is 25.5 Å². The zero-order valence-corrected chi connectivity index (χ0v) is 12.2.